The lowest BCUT2D eigenvalue weighted by atomic mass is 10.1. The number of benzene rings is 1. The van der Waals surface area contributed by atoms with Crippen LogP contribution < -0.4 is 16.4 Å². The monoisotopic (exact) mass is 283 g/mol. The summed E-state index contributed by atoms with van der Waals surface area (Å²) >= 11 is 0. The maximum Gasteiger partial charge on any atom is 0.319 e. The molecule has 2 unspecified atom stereocenters. The normalized spacial score (nSPS) is 13.6. The van der Waals surface area contributed by atoms with E-state index < -0.39 is 10.8 Å². The minimum Gasteiger partial charge on any atom is -0.337 e. The zero-order valence-corrected chi connectivity index (χ0v) is 12.1. The molecule has 106 valence electrons. The van der Waals surface area contributed by atoms with Crippen molar-refractivity contribution in [2.45, 2.75) is 19.9 Å². The second kappa shape index (κ2) is 7.91. The molecule has 0 saturated heterocycles. The highest BCUT2D eigenvalue weighted by Crippen LogP contribution is 2.13. The molecule has 0 radical (unpaired) electrons. The average molecular weight is 283 g/mol. The average Bonchev–Trinajstić information content (AvgIpc) is 2.39. The molecule has 0 aliphatic heterocycles. The Balaban J connectivity index is 2.38. The van der Waals surface area contributed by atoms with Gasteiger partial charge in [-0.25, -0.2) is 4.79 Å². The van der Waals surface area contributed by atoms with Crippen molar-refractivity contribution in [1.82, 2.24) is 5.32 Å². The molecule has 2 atom stereocenters. The van der Waals surface area contributed by atoms with Crippen LogP contribution >= 0.6 is 0 Å². The van der Waals surface area contributed by atoms with Crippen LogP contribution in [-0.2, 0) is 10.8 Å². The van der Waals surface area contributed by atoms with Crippen LogP contribution in [0.15, 0.2) is 24.3 Å². The molecule has 0 aliphatic carbocycles. The number of hydrogen-bond acceptors (Lipinski definition) is 3. The molecule has 2 amide bonds. The molecule has 0 fully saturated rings. The molecule has 0 saturated carbocycles. The predicted molar refractivity (Wildman–Crippen MR) is 79.6 cm³/mol. The second-order valence-corrected chi connectivity index (χ2v) is 6.09. The highest BCUT2D eigenvalue weighted by atomic mass is 32.2. The van der Waals surface area contributed by atoms with E-state index in [1.165, 1.54) is 0 Å². The van der Waals surface area contributed by atoms with Crippen molar-refractivity contribution in [3.8, 4) is 0 Å². The number of urea groups is 1. The van der Waals surface area contributed by atoms with E-state index in [2.05, 4.69) is 10.6 Å². The van der Waals surface area contributed by atoms with Crippen molar-refractivity contribution in [1.29, 1.82) is 0 Å². The number of amides is 2. The summed E-state index contributed by atoms with van der Waals surface area (Å²) in [7, 11) is -0.855. The molecule has 0 heterocycles. The summed E-state index contributed by atoms with van der Waals surface area (Å²) < 4.78 is 11.2. The molecule has 19 heavy (non-hydrogen) atoms. The Morgan fingerprint density at radius 1 is 1.37 bits per heavy atom. The van der Waals surface area contributed by atoms with Crippen LogP contribution in [0, 0.1) is 0 Å². The first-order valence-corrected chi connectivity index (χ1v) is 7.77. The fourth-order valence-corrected chi connectivity index (χ4v) is 2.09. The Kier molecular flexibility index (Phi) is 6.52. The Morgan fingerprint density at radius 2 is 2.00 bits per heavy atom. The highest BCUT2D eigenvalue weighted by molar-refractivity contribution is 7.84. The highest BCUT2D eigenvalue weighted by Gasteiger charge is 2.03. The Morgan fingerprint density at radius 3 is 2.53 bits per heavy atom. The second-order valence-electron chi connectivity index (χ2n) is 4.22. The number of hydrogen-bond donors (Lipinski definition) is 3. The van der Waals surface area contributed by atoms with E-state index >= 15 is 0 Å². The summed E-state index contributed by atoms with van der Waals surface area (Å²) in [5.41, 5.74) is 7.47. The van der Waals surface area contributed by atoms with Crippen LogP contribution in [0.25, 0.3) is 0 Å². The van der Waals surface area contributed by atoms with Crippen LogP contribution in [0.3, 0.4) is 0 Å². The van der Waals surface area contributed by atoms with E-state index in [0.717, 1.165) is 5.56 Å². The Labute approximate surface area is 116 Å². The molecule has 0 bridgehead atoms. The fourth-order valence-electron chi connectivity index (χ4n) is 1.47. The van der Waals surface area contributed by atoms with Gasteiger partial charge in [0.15, 0.2) is 0 Å². The van der Waals surface area contributed by atoms with E-state index in [4.69, 9.17) is 5.73 Å². The number of carbonyl (C=O) groups is 1. The fraction of sp³-hybridized carbons (Fsp3) is 0.462. The van der Waals surface area contributed by atoms with Crippen LogP contribution in [0.5, 0.6) is 0 Å². The zero-order chi connectivity index (χ0) is 14.3. The molecule has 6 heteroatoms. The summed E-state index contributed by atoms with van der Waals surface area (Å²) in [6, 6.07) is 7.07. The smallest absolute Gasteiger partial charge is 0.319 e. The van der Waals surface area contributed by atoms with Crippen LogP contribution in [0.4, 0.5) is 10.5 Å². The quantitative estimate of drug-likeness (QED) is 0.741. The third-order valence-corrected chi connectivity index (χ3v) is 3.94. The van der Waals surface area contributed by atoms with Gasteiger partial charge in [0.1, 0.15) is 0 Å². The van der Waals surface area contributed by atoms with E-state index in [0.29, 0.717) is 23.7 Å². The molecular formula is C13H21N3O2S. The third kappa shape index (κ3) is 5.85. The summed E-state index contributed by atoms with van der Waals surface area (Å²) in [6.45, 7) is 4.17. The van der Waals surface area contributed by atoms with Gasteiger partial charge in [0.05, 0.1) is 0 Å². The third-order valence-electron chi connectivity index (χ3n) is 2.63. The van der Waals surface area contributed by atoms with Gasteiger partial charge in [-0.2, -0.15) is 0 Å². The number of nitrogens with one attached hydrogen (secondary N) is 2. The number of carbonyl (C=O) groups excluding carboxylic acids is 1. The first kappa shape index (κ1) is 15.7. The minimum atomic E-state index is -0.855. The number of anilines is 1. The molecule has 1 aromatic rings. The molecule has 1 rings (SSSR count). The van der Waals surface area contributed by atoms with Crippen molar-refractivity contribution in [3.05, 3.63) is 29.8 Å². The van der Waals surface area contributed by atoms with Crippen molar-refractivity contribution in [2.75, 3.05) is 23.4 Å². The summed E-state index contributed by atoms with van der Waals surface area (Å²) in [6.07, 6.45) is 0. The van der Waals surface area contributed by atoms with Gasteiger partial charge < -0.3 is 16.4 Å². The molecular weight excluding hydrogens is 262 g/mol. The maximum atomic E-state index is 11.6. The summed E-state index contributed by atoms with van der Waals surface area (Å²) in [4.78, 5) is 11.6. The van der Waals surface area contributed by atoms with Gasteiger partial charge in [0.2, 0.25) is 0 Å². The molecule has 0 spiro atoms. The largest absolute Gasteiger partial charge is 0.337 e. The van der Waals surface area contributed by atoms with Crippen molar-refractivity contribution >= 4 is 22.5 Å². The topological polar surface area (TPSA) is 84.2 Å². The standard InChI is InChI=1S/C13H21N3O2S/c1-3-19(18)9-8-15-13(17)16-12-6-4-11(5-7-12)10(2)14/h4-7,10H,3,8-9,14H2,1-2H3,(H2,15,16,17). The van der Waals surface area contributed by atoms with Crippen molar-refractivity contribution in [2.24, 2.45) is 5.73 Å². The van der Waals surface area contributed by atoms with Crippen molar-refractivity contribution < 1.29 is 9.00 Å². The van der Waals surface area contributed by atoms with E-state index in [-0.39, 0.29) is 12.1 Å². The summed E-state index contributed by atoms with van der Waals surface area (Å²) in [5, 5.41) is 5.38. The number of nitrogens with two attached hydrogens (primary N) is 1. The lowest BCUT2D eigenvalue weighted by Gasteiger charge is -2.09. The van der Waals surface area contributed by atoms with E-state index in [9.17, 15) is 9.00 Å². The van der Waals surface area contributed by atoms with E-state index in [1.807, 2.05) is 38.1 Å². The lowest BCUT2D eigenvalue weighted by Crippen LogP contribution is -2.32. The van der Waals surface area contributed by atoms with Gasteiger partial charge in [-0.1, -0.05) is 19.1 Å². The van der Waals surface area contributed by atoms with E-state index in [1.54, 1.807) is 0 Å². The van der Waals surface area contributed by atoms with Crippen LogP contribution in [0.1, 0.15) is 25.5 Å². The van der Waals surface area contributed by atoms with Crippen LogP contribution in [-0.4, -0.2) is 28.3 Å². The molecule has 4 N–H and O–H groups in total. The van der Waals surface area contributed by atoms with Gasteiger partial charge in [0, 0.05) is 40.6 Å². The first-order valence-electron chi connectivity index (χ1n) is 6.28. The predicted octanol–water partition coefficient (Wildman–Crippen LogP) is 1.60. The lowest BCUT2D eigenvalue weighted by molar-refractivity contribution is 0.252. The molecule has 0 aromatic heterocycles. The van der Waals surface area contributed by atoms with Crippen molar-refractivity contribution in [3.63, 3.8) is 0 Å². The Hall–Kier alpha value is -1.40. The maximum absolute atomic E-state index is 11.6. The van der Waals surface area contributed by atoms with Gasteiger partial charge >= 0.3 is 6.03 Å². The molecule has 0 aliphatic rings. The molecule has 5 nitrogen and oxygen atoms in total. The zero-order valence-electron chi connectivity index (χ0n) is 11.3. The van der Waals surface area contributed by atoms with Gasteiger partial charge in [-0.15, -0.1) is 0 Å². The Bertz CT molecular complexity index is 432. The summed E-state index contributed by atoms with van der Waals surface area (Å²) in [5.74, 6) is 1.09. The SMILES string of the molecule is CCS(=O)CCNC(=O)Nc1ccc(C(C)N)cc1. The van der Waals surface area contributed by atoms with Gasteiger partial charge in [-0.3, -0.25) is 4.21 Å². The molecule has 1 aromatic carbocycles. The first-order chi connectivity index (χ1) is 9.02. The van der Waals surface area contributed by atoms with Crippen LogP contribution in [0.2, 0.25) is 0 Å². The van der Waals surface area contributed by atoms with Gasteiger partial charge in [-0.05, 0) is 24.6 Å². The van der Waals surface area contributed by atoms with Gasteiger partial charge in [0.25, 0.3) is 0 Å². The minimum absolute atomic E-state index is 0.0214. The number of rotatable bonds is 6.